The molecule has 74 heavy (non-hydrogen) atoms. The number of hydrogen-bond acceptors (Lipinski definition) is 4. The predicted molar refractivity (Wildman–Crippen MR) is 340 cm³/mol. The van der Waals surface area contributed by atoms with Gasteiger partial charge in [0.05, 0.1) is 7.57 Å². The quantitative estimate of drug-likeness (QED) is 0.0364. The molecule has 0 aliphatic carbocycles. The highest BCUT2D eigenvalue weighted by atomic mass is 79.9. The average molecular weight is 1180 g/mol. The Balaban J connectivity index is 1.51. The maximum absolute atomic E-state index is 15.5. The zero-order valence-corrected chi connectivity index (χ0v) is 52.5. The zero-order valence-electron chi connectivity index (χ0n) is 47.7. The highest BCUT2D eigenvalue weighted by molar-refractivity contribution is 9.11. The van der Waals surface area contributed by atoms with Gasteiger partial charge in [0, 0.05) is 31.7 Å². The Kier molecular flexibility index (Phi) is 32.5. The van der Waals surface area contributed by atoms with Gasteiger partial charge < -0.3 is 0 Å². The minimum Gasteiger partial charge on any atom is -0.289 e. The van der Waals surface area contributed by atoms with E-state index < -0.39 is 0 Å². The van der Waals surface area contributed by atoms with Crippen molar-refractivity contribution in [1.29, 1.82) is 0 Å². The molecule has 0 amide bonds. The third-order valence-electron chi connectivity index (χ3n) is 16.8. The van der Waals surface area contributed by atoms with Crippen molar-refractivity contribution in [2.45, 2.75) is 297 Å². The van der Waals surface area contributed by atoms with Gasteiger partial charge in [0.25, 0.3) is 0 Å². The molecule has 2 heterocycles. The molecular weight excluding hydrogens is 1070 g/mol. The monoisotopic (exact) mass is 1170 g/mol. The minimum absolute atomic E-state index is 0.181. The van der Waals surface area contributed by atoms with Crippen molar-refractivity contribution in [2.24, 2.45) is 11.8 Å². The van der Waals surface area contributed by atoms with E-state index in [0.717, 1.165) is 62.8 Å². The second-order valence-electron chi connectivity index (χ2n) is 23.1. The first-order chi connectivity index (χ1) is 36.3. The van der Waals surface area contributed by atoms with Crippen molar-refractivity contribution in [1.82, 2.24) is 0 Å². The van der Waals surface area contributed by atoms with Crippen LogP contribution in [0.5, 0.6) is 0 Å². The van der Waals surface area contributed by atoms with E-state index >= 15 is 9.59 Å². The lowest BCUT2D eigenvalue weighted by molar-refractivity contribution is 0.400. The van der Waals surface area contributed by atoms with E-state index in [1.807, 2.05) is 0 Å². The van der Waals surface area contributed by atoms with E-state index in [-0.39, 0.29) is 10.9 Å². The normalized spacial score (nSPS) is 12.8. The van der Waals surface area contributed by atoms with Crippen LogP contribution in [0, 0.1) is 11.8 Å². The average Bonchev–Trinajstić information content (AvgIpc) is 4.20. The second kappa shape index (κ2) is 38.1. The first-order valence-corrected chi connectivity index (χ1v) is 34.8. The van der Waals surface area contributed by atoms with Gasteiger partial charge in [0.2, 0.25) is 0 Å². The molecule has 2 atom stereocenters. The molecule has 0 fully saturated rings. The van der Waals surface area contributed by atoms with Gasteiger partial charge in [-0.3, -0.25) is 9.59 Å². The number of fused-ring (bicyclic) bond motifs is 2. The van der Waals surface area contributed by atoms with Crippen LogP contribution < -0.4 is 10.9 Å². The predicted octanol–water partition coefficient (Wildman–Crippen LogP) is 24.6. The van der Waals surface area contributed by atoms with Crippen LogP contribution in [0.3, 0.4) is 0 Å². The van der Waals surface area contributed by atoms with Gasteiger partial charge in [0.1, 0.15) is 0 Å². The molecule has 0 bridgehead atoms. The molecule has 2 nitrogen and oxygen atoms in total. The number of benzene rings is 1. The van der Waals surface area contributed by atoms with Crippen LogP contribution in [0.15, 0.2) is 53.6 Å². The Hall–Kier alpha value is -1.60. The number of halogens is 2. The van der Waals surface area contributed by atoms with Gasteiger partial charge in [-0.05, 0) is 115 Å². The molecule has 0 saturated heterocycles. The Morgan fingerprint density at radius 1 is 0.351 bits per heavy atom. The summed E-state index contributed by atoms with van der Waals surface area (Å²) in [6, 6.07) is 12.9. The lowest BCUT2D eigenvalue weighted by atomic mass is 9.82. The molecule has 2 aromatic heterocycles. The third kappa shape index (κ3) is 21.9. The van der Waals surface area contributed by atoms with Gasteiger partial charge in [0.15, 0.2) is 10.9 Å². The van der Waals surface area contributed by atoms with Crippen molar-refractivity contribution >= 4 is 76.1 Å². The SMILES string of the molecule is CCCCCCCCCCCCC(CCCCCCCCCC)Cc1c2cc(-c3ccc(Br)s3)c(=O)c2c(CC(CCCCCCCCCC)CCCCCCCCCCCC)c2cc(-c3ccc(Br)s3)c(=O)c12. The summed E-state index contributed by atoms with van der Waals surface area (Å²) in [7, 11) is 0. The van der Waals surface area contributed by atoms with Crippen LogP contribution in [0.1, 0.15) is 296 Å². The number of rotatable bonds is 46. The van der Waals surface area contributed by atoms with E-state index in [9.17, 15) is 0 Å². The van der Waals surface area contributed by atoms with Crippen LogP contribution in [-0.2, 0) is 12.8 Å². The highest BCUT2D eigenvalue weighted by Crippen LogP contribution is 2.43. The Labute approximate surface area is 478 Å². The molecule has 5 rings (SSSR count). The molecule has 414 valence electrons. The molecule has 5 aromatic rings. The van der Waals surface area contributed by atoms with Gasteiger partial charge in [-0.2, -0.15) is 0 Å². The van der Waals surface area contributed by atoms with E-state index in [4.69, 9.17) is 0 Å². The largest absolute Gasteiger partial charge is 0.289 e. The fraction of sp³-hybridized carbons (Fsp3) is 0.706. The van der Waals surface area contributed by atoms with Crippen LogP contribution >= 0.6 is 54.5 Å². The van der Waals surface area contributed by atoms with E-state index in [0.29, 0.717) is 11.8 Å². The maximum Gasteiger partial charge on any atom is 0.195 e. The molecule has 0 spiro atoms. The second-order valence-corrected chi connectivity index (χ2v) is 28.1. The Bertz CT molecular complexity index is 2160. The summed E-state index contributed by atoms with van der Waals surface area (Å²) in [6.07, 6.45) is 54.7. The molecule has 0 N–H and O–H groups in total. The molecule has 0 aliphatic rings. The van der Waals surface area contributed by atoms with Crippen molar-refractivity contribution in [2.75, 3.05) is 0 Å². The maximum atomic E-state index is 15.5. The van der Waals surface area contributed by atoms with Crippen molar-refractivity contribution < 1.29 is 0 Å². The highest BCUT2D eigenvalue weighted by Gasteiger charge is 2.28. The van der Waals surface area contributed by atoms with Crippen LogP contribution in [0.4, 0.5) is 0 Å². The van der Waals surface area contributed by atoms with E-state index in [2.05, 4.69) is 96.0 Å². The minimum atomic E-state index is 0.181. The number of unbranched alkanes of at least 4 members (excludes halogenated alkanes) is 32. The van der Waals surface area contributed by atoms with Crippen molar-refractivity contribution in [3.05, 3.63) is 75.5 Å². The zero-order chi connectivity index (χ0) is 52.6. The first kappa shape index (κ1) is 63.2. The lowest BCUT2D eigenvalue weighted by Gasteiger charge is -2.22. The molecular formula is C68H104Br2O2S2. The summed E-state index contributed by atoms with van der Waals surface area (Å²) in [6.45, 7) is 9.23. The standard InChI is InChI=1S/C68H104Br2O2S2/c1-5-9-13-17-21-25-27-31-35-39-43-53(41-37-33-29-23-19-15-11-7-3)49-55-57-51-59(61-45-47-63(69)73-61)68(72)66(57)56(58-52-60(67(71)65(55)58)62-46-48-64(70)74-62)50-54(42-38-34-30-24-20-16-12-8-4)44-40-36-32-28-26-22-18-14-10-6-2/h45-48,51-54H,5-44,49-50H2,1-4H3. The van der Waals surface area contributed by atoms with Crippen molar-refractivity contribution in [3.63, 3.8) is 0 Å². The van der Waals surface area contributed by atoms with Crippen LogP contribution in [0.2, 0.25) is 0 Å². The van der Waals surface area contributed by atoms with Gasteiger partial charge in [-0.15, -0.1) is 22.7 Å². The van der Waals surface area contributed by atoms with E-state index in [1.165, 1.54) is 268 Å². The molecule has 0 radical (unpaired) electrons. The van der Waals surface area contributed by atoms with E-state index in [1.54, 1.807) is 22.7 Å². The first-order valence-electron chi connectivity index (χ1n) is 31.6. The van der Waals surface area contributed by atoms with Crippen molar-refractivity contribution in [3.8, 4) is 20.9 Å². The fourth-order valence-electron chi connectivity index (χ4n) is 12.4. The Morgan fingerprint density at radius 3 is 0.824 bits per heavy atom. The lowest BCUT2D eigenvalue weighted by Crippen LogP contribution is -2.12. The van der Waals surface area contributed by atoms with Crippen LogP contribution in [0.25, 0.3) is 42.4 Å². The summed E-state index contributed by atoms with van der Waals surface area (Å²) in [5, 5.41) is 4.05. The Morgan fingerprint density at radius 2 is 0.595 bits per heavy atom. The summed E-state index contributed by atoms with van der Waals surface area (Å²) < 4.78 is 2.10. The smallest absolute Gasteiger partial charge is 0.195 e. The summed E-state index contributed by atoms with van der Waals surface area (Å²) in [4.78, 5) is 33.0. The van der Waals surface area contributed by atoms with Crippen LogP contribution in [-0.4, -0.2) is 0 Å². The molecule has 3 aromatic carbocycles. The number of hydrogen-bond donors (Lipinski definition) is 0. The summed E-state index contributed by atoms with van der Waals surface area (Å²) >= 11 is 10.8. The van der Waals surface area contributed by atoms with Gasteiger partial charge in [-0.25, -0.2) is 0 Å². The van der Waals surface area contributed by atoms with Gasteiger partial charge >= 0.3 is 0 Å². The summed E-state index contributed by atoms with van der Waals surface area (Å²) in [5.74, 6) is 0.982. The molecule has 2 unspecified atom stereocenters. The molecule has 6 heteroatoms. The third-order valence-corrected chi connectivity index (χ3v) is 20.2. The molecule has 0 aliphatic heterocycles. The number of thiophene rings is 2. The van der Waals surface area contributed by atoms with Gasteiger partial charge in [-0.1, -0.05) is 285 Å². The topological polar surface area (TPSA) is 34.1 Å². The molecule has 0 saturated carbocycles. The summed E-state index contributed by atoms with van der Waals surface area (Å²) in [5.41, 5.74) is 4.36. The fourth-order valence-corrected chi connectivity index (χ4v) is 15.2.